The standard InChI is InChI=1S/C28H24N6O3/c1-18-23(27(36)33(31-18)21-9-5-3-6-10-21)16-29-20-13-14-26(35)25(15-20)30-17-24-19(2)32-34(28(24)37)22-11-7-4-8-12-22/h3-17,31-32,35H,1-2H3. The van der Waals surface area contributed by atoms with E-state index >= 15 is 0 Å². The summed E-state index contributed by atoms with van der Waals surface area (Å²) in [6.45, 7) is 3.58. The largest absolute Gasteiger partial charge is 0.506 e. The minimum Gasteiger partial charge on any atom is -0.506 e. The van der Waals surface area contributed by atoms with Crippen LogP contribution in [0.5, 0.6) is 5.75 Å². The lowest BCUT2D eigenvalue weighted by atomic mass is 10.2. The zero-order chi connectivity index (χ0) is 25.9. The Labute approximate surface area is 211 Å². The van der Waals surface area contributed by atoms with E-state index < -0.39 is 0 Å². The van der Waals surface area contributed by atoms with Gasteiger partial charge in [0.15, 0.2) is 0 Å². The monoisotopic (exact) mass is 492 g/mol. The van der Waals surface area contributed by atoms with Crippen LogP contribution in [0.2, 0.25) is 0 Å². The summed E-state index contributed by atoms with van der Waals surface area (Å²) in [5, 5.41) is 16.4. The van der Waals surface area contributed by atoms with Gasteiger partial charge in [-0.2, -0.15) is 0 Å². The molecule has 0 unspecified atom stereocenters. The van der Waals surface area contributed by atoms with E-state index in [0.29, 0.717) is 33.9 Å². The van der Waals surface area contributed by atoms with Gasteiger partial charge in [-0.15, -0.1) is 0 Å². The van der Waals surface area contributed by atoms with Gasteiger partial charge in [0.1, 0.15) is 11.4 Å². The number of aryl methyl sites for hydroxylation is 2. The summed E-state index contributed by atoms with van der Waals surface area (Å²) in [5.41, 5.74) is 3.81. The molecule has 0 radical (unpaired) electrons. The van der Waals surface area contributed by atoms with Crippen LogP contribution in [0, 0.1) is 13.8 Å². The van der Waals surface area contributed by atoms with Crippen molar-refractivity contribution in [2.45, 2.75) is 13.8 Å². The van der Waals surface area contributed by atoms with Gasteiger partial charge in [-0.3, -0.25) is 29.8 Å². The predicted molar refractivity (Wildman–Crippen MR) is 145 cm³/mol. The number of benzene rings is 3. The third-order valence-electron chi connectivity index (χ3n) is 5.90. The second kappa shape index (κ2) is 9.82. The fraction of sp³-hybridized carbons (Fsp3) is 0.0714. The van der Waals surface area contributed by atoms with Gasteiger partial charge in [-0.25, -0.2) is 9.36 Å². The number of nitrogens with zero attached hydrogens (tertiary/aromatic N) is 4. The van der Waals surface area contributed by atoms with Crippen LogP contribution in [0.3, 0.4) is 0 Å². The highest BCUT2D eigenvalue weighted by Crippen LogP contribution is 2.30. The first-order valence-corrected chi connectivity index (χ1v) is 11.6. The molecule has 0 saturated heterocycles. The zero-order valence-corrected chi connectivity index (χ0v) is 20.2. The molecule has 5 rings (SSSR count). The number of hydrogen-bond donors (Lipinski definition) is 3. The number of phenolic OH excluding ortho intramolecular Hbond substituents is 1. The maximum absolute atomic E-state index is 12.9. The van der Waals surface area contributed by atoms with E-state index in [0.717, 1.165) is 5.69 Å². The van der Waals surface area contributed by atoms with Gasteiger partial charge in [0.25, 0.3) is 11.1 Å². The molecule has 37 heavy (non-hydrogen) atoms. The molecule has 0 amide bonds. The molecule has 0 aliphatic rings. The molecule has 5 aromatic rings. The number of aliphatic imine (C=N–C) groups is 2. The topological polar surface area (TPSA) is 121 Å². The Bertz CT molecular complexity index is 1740. The predicted octanol–water partition coefficient (Wildman–Crippen LogP) is 4.47. The second-order valence-electron chi connectivity index (χ2n) is 8.44. The van der Waals surface area contributed by atoms with Crippen LogP contribution < -0.4 is 11.1 Å². The lowest BCUT2D eigenvalue weighted by Crippen LogP contribution is -2.17. The lowest BCUT2D eigenvalue weighted by molar-refractivity contribution is 0.477. The molecule has 0 fully saturated rings. The van der Waals surface area contributed by atoms with E-state index in [4.69, 9.17) is 0 Å². The zero-order valence-electron chi connectivity index (χ0n) is 20.2. The third kappa shape index (κ3) is 4.70. The smallest absolute Gasteiger partial charge is 0.280 e. The highest BCUT2D eigenvalue weighted by molar-refractivity contribution is 5.85. The van der Waals surface area contributed by atoms with Crippen molar-refractivity contribution < 1.29 is 5.11 Å². The molecule has 0 saturated carbocycles. The number of rotatable bonds is 6. The molecule has 0 bridgehead atoms. The molecule has 0 atom stereocenters. The van der Waals surface area contributed by atoms with E-state index in [9.17, 15) is 14.7 Å². The first kappa shape index (κ1) is 23.6. The Morgan fingerprint density at radius 3 is 1.70 bits per heavy atom. The molecule has 3 aromatic carbocycles. The summed E-state index contributed by atoms with van der Waals surface area (Å²) in [5.74, 6) is -0.0592. The van der Waals surface area contributed by atoms with Crippen LogP contribution in [0.1, 0.15) is 22.5 Å². The fourth-order valence-electron chi connectivity index (χ4n) is 3.91. The highest BCUT2D eigenvalue weighted by Gasteiger charge is 2.12. The average Bonchev–Trinajstić information content (AvgIpc) is 3.37. The van der Waals surface area contributed by atoms with E-state index in [1.54, 1.807) is 26.0 Å². The molecule has 184 valence electrons. The van der Waals surface area contributed by atoms with E-state index in [1.165, 1.54) is 27.9 Å². The van der Waals surface area contributed by atoms with Gasteiger partial charge in [0, 0.05) is 23.8 Å². The number of hydrogen-bond acceptors (Lipinski definition) is 5. The number of para-hydroxylation sites is 2. The number of H-pyrrole nitrogens is 2. The molecule has 2 aromatic heterocycles. The normalized spacial score (nSPS) is 11.6. The van der Waals surface area contributed by atoms with Crippen molar-refractivity contribution in [1.82, 2.24) is 19.6 Å². The van der Waals surface area contributed by atoms with Crippen LogP contribution in [0.15, 0.2) is 98.4 Å². The number of aromatic amines is 2. The Hall–Kier alpha value is -5.18. The fourth-order valence-corrected chi connectivity index (χ4v) is 3.91. The summed E-state index contributed by atoms with van der Waals surface area (Å²) in [4.78, 5) is 34.6. The van der Waals surface area contributed by atoms with Crippen LogP contribution in [-0.2, 0) is 0 Å². The van der Waals surface area contributed by atoms with Gasteiger partial charge in [-0.1, -0.05) is 36.4 Å². The molecular weight excluding hydrogens is 468 g/mol. The van der Waals surface area contributed by atoms with Crippen molar-refractivity contribution in [3.05, 3.63) is 122 Å². The van der Waals surface area contributed by atoms with Crippen LogP contribution >= 0.6 is 0 Å². The molecule has 0 aliphatic heterocycles. The SMILES string of the molecule is Cc1[nH]n(-c2ccccc2)c(=O)c1C=Nc1ccc(O)c(N=Cc2c(C)[nH]n(-c3ccccc3)c2=O)c1. The molecule has 0 aliphatic carbocycles. The van der Waals surface area contributed by atoms with E-state index in [-0.39, 0.29) is 22.6 Å². The van der Waals surface area contributed by atoms with Crippen molar-refractivity contribution in [3.8, 4) is 17.1 Å². The molecule has 9 heteroatoms. The first-order chi connectivity index (χ1) is 17.9. The average molecular weight is 493 g/mol. The number of nitrogens with one attached hydrogen (secondary N) is 2. The maximum Gasteiger partial charge on any atom is 0.280 e. The van der Waals surface area contributed by atoms with Gasteiger partial charge in [0.05, 0.1) is 28.2 Å². The van der Waals surface area contributed by atoms with Gasteiger partial charge < -0.3 is 5.11 Å². The number of aromatic hydroxyl groups is 1. The summed E-state index contributed by atoms with van der Waals surface area (Å²) >= 11 is 0. The summed E-state index contributed by atoms with van der Waals surface area (Å²) in [6, 6.07) is 23.2. The number of phenols is 1. The second-order valence-corrected chi connectivity index (χ2v) is 8.44. The minimum absolute atomic E-state index is 0.0592. The van der Waals surface area contributed by atoms with Crippen LogP contribution in [0.25, 0.3) is 11.4 Å². The minimum atomic E-state index is -0.251. The first-order valence-electron chi connectivity index (χ1n) is 11.6. The molecule has 3 N–H and O–H groups in total. The Morgan fingerprint density at radius 2 is 1.19 bits per heavy atom. The Kier molecular flexibility index (Phi) is 6.25. The van der Waals surface area contributed by atoms with Crippen molar-refractivity contribution >= 4 is 23.8 Å². The lowest BCUT2D eigenvalue weighted by Gasteiger charge is -2.00. The maximum atomic E-state index is 12.9. The van der Waals surface area contributed by atoms with Gasteiger partial charge >= 0.3 is 0 Å². The summed E-state index contributed by atoms with van der Waals surface area (Å²) < 4.78 is 2.91. The molecule has 0 spiro atoms. The van der Waals surface area contributed by atoms with Gasteiger partial charge in [0.2, 0.25) is 0 Å². The highest BCUT2D eigenvalue weighted by atomic mass is 16.3. The van der Waals surface area contributed by atoms with Crippen molar-refractivity contribution in [3.63, 3.8) is 0 Å². The Morgan fingerprint density at radius 1 is 0.703 bits per heavy atom. The summed E-state index contributed by atoms with van der Waals surface area (Å²) in [7, 11) is 0. The molecule has 9 nitrogen and oxygen atoms in total. The van der Waals surface area contributed by atoms with Crippen LogP contribution in [-0.4, -0.2) is 37.1 Å². The van der Waals surface area contributed by atoms with Crippen LogP contribution in [0.4, 0.5) is 11.4 Å². The van der Waals surface area contributed by atoms with Crippen molar-refractivity contribution in [2.24, 2.45) is 9.98 Å². The van der Waals surface area contributed by atoms with E-state index in [1.807, 2.05) is 60.7 Å². The van der Waals surface area contributed by atoms with Crippen molar-refractivity contribution in [1.29, 1.82) is 0 Å². The van der Waals surface area contributed by atoms with Crippen molar-refractivity contribution in [2.75, 3.05) is 0 Å². The van der Waals surface area contributed by atoms with Gasteiger partial charge in [-0.05, 0) is 56.3 Å². The van der Waals surface area contributed by atoms with E-state index in [2.05, 4.69) is 20.2 Å². The molecular formula is C28H24N6O3. The number of aromatic nitrogens is 4. The summed E-state index contributed by atoms with van der Waals surface area (Å²) in [6.07, 6.45) is 2.91. The molecule has 2 heterocycles. The third-order valence-corrected chi connectivity index (χ3v) is 5.90. The Balaban J connectivity index is 1.43. The quantitative estimate of drug-likeness (QED) is 0.303.